The normalized spacial score (nSPS) is 20.6. The molecule has 140 valence electrons. The Morgan fingerprint density at radius 1 is 1.36 bits per heavy atom. The van der Waals surface area contributed by atoms with Crippen LogP contribution in [-0.2, 0) is 16.1 Å². The summed E-state index contributed by atoms with van der Waals surface area (Å²) in [5.41, 5.74) is 0.958. The Labute approximate surface area is 155 Å². The van der Waals surface area contributed by atoms with Gasteiger partial charge < -0.3 is 24.8 Å². The van der Waals surface area contributed by atoms with Crippen LogP contribution in [0.5, 0.6) is 11.5 Å². The second-order valence-electron chi connectivity index (χ2n) is 6.28. The molecule has 25 heavy (non-hydrogen) atoms. The van der Waals surface area contributed by atoms with E-state index < -0.39 is 6.10 Å². The number of carbonyl (C=O) groups excluding carboxylic acids is 1. The fourth-order valence-corrected chi connectivity index (χ4v) is 3.13. The highest BCUT2D eigenvalue weighted by Crippen LogP contribution is 2.30. The van der Waals surface area contributed by atoms with Crippen molar-refractivity contribution in [2.45, 2.75) is 44.4 Å². The van der Waals surface area contributed by atoms with Crippen LogP contribution in [-0.4, -0.2) is 44.9 Å². The Kier molecular flexibility index (Phi) is 7.81. The van der Waals surface area contributed by atoms with Crippen LogP contribution >= 0.6 is 12.4 Å². The maximum absolute atomic E-state index is 12.2. The third-order valence-electron chi connectivity index (χ3n) is 4.54. The van der Waals surface area contributed by atoms with Crippen LogP contribution in [0.4, 0.5) is 0 Å². The smallest absolute Gasteiger partial charge is 0.250 e. The first kappa shape index (κ1) is 19.8. The van der Waals surface area contributed by atoms with Crippen molar-refractivity contribution in [2.24, 2.45) is 0 Å². The zero-order chi connectivity index (χ0) is 16.8. The van der Waals surface area contributed by atoms with Gasteiger partial charge in [0.1, 0.15) is 17.6 Å². The number of nitrogens with one attached hydrogen (secondary N) is 2. The molecule has 3 rings (SSSR count). The summed E-state index contributed by atoms with van der Waals surface area (Å²) in [4.78, 5) is 12.2. The Morgan fingerprint density at radius 3 is 2.84 bits per heavy atom. The first-order chi connectivity index (χ1) is 11.8. The van der Waals surface area contributed by atoms with Gasteiger partial charge in [-0.3, -0.25) is 4.79 Å². The predicted octanol–water partition coefficient (Wildman–Crippen LogP) is 2.04. The number of hydrogen-bond donors (Lipinski definition) is 2. The van der Waals surface area contributed by atoms with Gasteiger partial charge in [-0.1, -0.05) is 0 Å². The van der Waals surface area contributed by atoms with E-state index in [0.29, 0.717) is 19.7 Å². The van der Waals surface area contributed by atoms with Crippen molar-refractivity contribution in [3.8, 4) is 11.5 Å². The quantitative estimate of drug-likeness (QED) is 0.802. The average Bonchev–Trinajstić information content (AvgIpc) is 3.14. The molecular weight excluding hydrogens is 344 g/mol. The van der Waals surface area contributed by atoms with Gasteiger partial charge in [0.15, 0.2) is 0 Å². The van der Waals surface area contributed by atoms with Crippen LogP contribution < -0.4 is 20.1 Å². The Bertz CT molecular complexity index is 558. The average molecular weight is 371 g/mol. The minimum Gasteiger partial charge on any atom is -0.497 e. The van der Waals surface area contributed by atoms with Crippen molar-refractivity contribution >= 4 is 18.3 Å². The van der Waals surface area contributed by atoms with Crippen molar-refractivity contribution in [3.05, 3.63) is 23.8 Å². The summed E-state index contributed by atoms with van der Waals surface area (Å²) in [6.45, 7) is 2.34. The van der Waals surface area contributed by atoms with E-state index >= 15 is 0 Å². The fourth-order valence-electron chi connectivity index (χ4n) is 3.13. The van der Waals surface area contributed by atoms with Crippen LogP contribution in [0.15, 0.2) is 18.2 Å². The van der Waals surface area contributed by atoms with E-state index in [0.717, 1.165) is 36.4 Å². The molecule has 0 spiro atoms. The monoisotopic (exact) mass is 370 g/mol. The van der Waals surface area contributed by atoms with Gasteiger partial charge in [0, 0.05) is 31.3 Å². The molecule has 1 aliphatic heterocycles. The molecule has 1 unspecified atom stereocenters. The fraction of sp³-hybridized carbons (Fsp3) is 0.611. The molecule has 2 N–H and O–H groups in total. The van der Waals surface area contributed by atoms with E-state index in [9.17, 15) is 4.79 Å². The highest BCUT2D eigenvalue weighted by molar-refractivity contribution is 5.85. The van der Waals surface area contributed by atoms with Crippen molar-refractivity contribution in [3.63, 3.8) is 0 Å². The molecule has 1 aromatic rings. The molecule has 2 fully saturated rings. The zero-order valence-corrected chi connectivity index (χ0v) is 15.4. The molecule has 1 saturated heterocycles. The molecular formula is C18H27ClN2O4. The van der Waals surface area contributed by atoms with E-state index in [1.807, 2.05) is 18.2 Å². The molecule has 0 radical (unpaired) electrons. The lowest BCUT2D eigenvalue weighted by molar-refractivity contribution is -0.134. The maximum atomic E-state index is 12.2. The highest BCUT2D eigenvalue weighted by atomic mass is 35.5. The summed E-state index contributed by atoms with van der Waals surface area (Å²) in [5, 5.41) is 6.11. The van der Waals surface area contributed by atoms with E-state index in [1.165, 1.54) is 12.8 Å². The van der Waals surface area contributed by atoms with E-state index in [-0.39, 0.29) is 24.4 Å². The number of methoxy groups -OCH3 is 1. The number of hydrogen-bond acceptors (Lipinski definition) is 5. The maximum Gasteiger partial charge on any atom is 0.250 e. The van der Waals surface area contributed by atoms with Crippen molar-refractivity contribution in [2.75, 3.05) is 26.8 Å². The number of amides is 1. The van der Waals surface area contributed by atoms with Crippen molar-refractivity contribution < 1.29 is 19.0 Å². The Balaban J connectivity index is 0.00000225. The number of morpholine rings is 1. The standard InChI is InChI=1S/C18H26N2O4.ClH/c1-22-15-7-6-13(16(10-15)24-14-4-2-3-5-14)11-20-18(21)17-12-19-8-9-23-17;/h6-7,10,14,17,19H,2-5,8-9,11-12H2,1H3,(H,20,21);1H. The Morgan fingerprint density at radius 2 is 2.16 bits per heavy atom. The van der Waals surface area contributed by atoms with Gasteiger partial charge in [0.2, 0.25) is 0 Å². The lowest BCUT2D eigenvalue weighted by Crippen LogP contribution is -2.47. The predicted molar refractivity (Wildman–Crippen MR) is 97.6 cm³/mol. The molecule has 1 aliphatic carbocycles. The number of rotatable bonds is 6. The third kappa shape index (κ3) is 5.49. The molecule has 2 aliphatic rings. The van der Waals surface area contributed by atoms with Gasteiger partial charge in [-0.15, -0.1) is 12.4 Å². The lowest BCUT2D eigenvalue weighted by Gasteiger charge is -2.23. The largest absolute Gasteiger partial charge is 0.497 e. The van der Waals surface area contributed by atoms with E-state index in [1.54, 1.807) is 7.11 Å². The minimum absolute atomic E-state index is 0. The number of benzene rings is 1. The van der Waals surface area contributed by atoms with Gasteiger partial charge in [-0.05, 0) is 37.8 Å². The minimum atomic E-state index is -0.420. The molecule has 1 atom stereocenters. The molecule has 7 heteroatoms. The molecule has 0 aromatic heterocycles. The van der Waals surface area contributed by atoms with E-state index in [2.05, 4.69) is 10.6 Å². The van der Waals surface area contributed by atoms with Gasteiger partial charge in [0.05, 0.1) is 19.8 Å². The summed E-state index contributed by atoms with van der Waals surface area (Å²) < 4.78 is 16.9. The summed E-state index contributed by atoms with van der Waals surface area (Å²) in [7, 11) is 1.64. The van der Waals surface area contributed by atoms with Crippen molar-refractivity contribution in [1.82, 2.24) is 10.6 Å². The molecule has 0 bridgehead atoms. The third-order valence-corrected chi connectivity index (χ3v) is 4.54. The highest BCUT2D eigenvalue weighted by Gasteiger charge is 2.22. The number of halogens is 1. The van der Waals surface area contributed by atoms with E-state index in [4.69, 9.17) is 14.2 Å². The molecule has 1 amide bonds. The van der Waals surface area contributed by atoms with Crippen LogP contribution in [0.2, 0.25) is 0 Å². The summed E-state index contributed by atoms with van der Waals surface area (Å²) >= 11 is 0. The summed E-state index contributed by atoms with van der Waals surface area (Å²) in [6.07, 6.45) is 4.45. The van der Waals surface area contributed by atoms with Crippen LogP contribution in [0.25, 0.3) is 0 Å². The summed E-state index contributed by atoms with van der Waals surface area (Å²) in [6, 6.07) is 5.74. The molecule has 1 aromatic carbocycles. The zero-order valence-electron chi connectivity index (χ0n) is 14.6. The number of ether oxygens (including phenoxy) is 3. The Hall–Kier alpha value is -1.50. The lowest BCUT2D eigenvalue weighted by atomic mass is 10.1. The van der Waals surface area contributed by atoms with Crippen LogP contribution in [0.1, 0.15) is 31.2 Å². The molecule has 1 heterocycles. The van der Waals surface area contributed by atoms with Crippen LogP contribution in [0, 0.1) is 0 Å². The van der Waals surface area contributed by atoms with Gasteiger partial charge >= 0.3 is 0 Å². The van der Waals surface area contributed by atoms with Crippen LogP contribution in [0.3, 0.4) is 0 Å². The summed E-state index contributed by atoms with van der Waals surface area (Å²) in [5.74, 6) is 1.46. The second-order valence-corrected chi connectivity index (χ2v) is 6.28. The van der Waals surface area contributed by atoms with Gasteiger partial charge in [0.25, 0.3) is 5.91 Å². The number of carbonyl (C=O) groups is 1. The second kappa shape index (κ2) is 9.85. The van der Waals surface area contributed by atoms with Crippen molar-refractivity contribution in [1.29, 1.82) is 0 Å². The first-order valence-electron chi connectivity index (χ1n) is 8.70. The first-order valence-corrected chi connectivity index (χ1v) is 8.70. The van der Waals surface area contributed by atoms with Gasteiger partial charge in [-0.2, -0.15) is 0 Å². The molecule has 1 saturated carbocycles. The molecule has 6 nitrogen and oxygen atoms in total. The SMILES string of the molecule is COc1ccc(CNC(=O)C2CNCCO2)c(OC2CCCC2)c1.Cl. The topological polar surface area (TPSA) is 68.8 Å². The van der Waals surface area contributed by atoms with Gasteiger partial charge in [-0.25, -0.2) is 0 Å².